The fraction of sp³-hybridized carbons (Fsp3) is 0.941. The molecule has 0 aromatic rings. The van der Waals surface area contributed by atoms with E-state index in [4.69, 9.17) is 4.74 Å². The first kappa shape index (κ1) is 13.5. The quantitative estimate of drug-likeness (QED) is 0.691. The Morgan fingerprint density at radius 2 is 1.84 bits per heavy atom. The number of carbonyl (C=O) groups excluding carboxylic acids is 1. The smallest absolute Gasteiger partial charge is 0.306 e. The second-order valence-corrected chi connectivity index (χ2v) is 7.56. The van der Waals surface area contributed by atoms with Crippen LogP contribution in [0.5, 0.6) is 0 Å². The third-order valence-corrected chi connectivity index (χ3v) is 6.51. The Morgan fingerprint density at radius 1 is 1.21 bits per heavy atom. The second-order valence-electron chi connectivity index (χ2n) is 7.56. The van der Waals surface area contributed by atoms with Gasteiger partial charge in [-0.2, -0.15) is 0 Å². The molecule has 2 nitrogen and oxygen atoms in total. The monoisotopic (exact) mass is 264 g/mol. The van der Waals surface area contributed by atoms with Crippen LogP contribution in [-0.4, -0.2) is 11.6 Å². The summed E-state index contributed by atoms with van der Waals surface area (Å²) >= 11 is 0. The third-order valence-electron chi connectivity index (χ3n) is 6.51. The second kappa shape index (κ2) is 4.49. The van der Waals surface area contributed by atoms with E-state index in [1.807, 2.05) is 6.92 Å². The topological polar surface area (TPSA) is 26.3 Å². The van der Waals surface area contributed by atoms with Gasteiger partial charge in [0, 0.05) is 11.8 Å². The zero-order chi connectivity index (χ0) is 13.7. The molecule has 0 amide bonds. The van der Waals surface area contributed by atoms with Gasteiger partial charge in [-0.05, 0) is 69.6 Å². The van der Waals surface area contributed by atoms with Gasteiger partial charge in [0.25, 0.3) is 0 Å². The average Bonchev–Trinajstić information content (AvgIpc) is 2.77. The van der Waals surface area contributed by atoms with Gasteiger partial charge in [-0.25, -0.2) is 0 Å². The molecule has 4 saturated carbocycles. The van der Waals surface area contributed by atoms with Crippen LogP contribution >= 0.6 is 0 Å². The Hall–Kier alpha value is -0.530. The molecule has 0 N–H and O–H groups in total. The number of hydrogen-bond donors (Lipinski definition) is 0. The van der Waals surface area contributed by atoms with E-state index in [2.05, 4.69) is 13.8 Å². The Labute approximate surface area is 117 Å². The van der Waals surface area contributed by atoms with Crippen LogP contribution < -0.4 is 0 Å². The maximum Gasteiger partial charge on any atom is 0.306 e. The first-order valence-electron chi connectivity index (χ1n) is 8.24. The van der Waals surface area contributed by atoms with E-state index in [0.29, 0.717) is 11.8 Å². The van der Waals surface area contributed by atoms with Gasteiger partial charge in [0.05, 0.1) is 0 Å². The van der Waals surface area contributed by atoms with E-state index >= 15 is 0 Å². The van der Waals surface area contributed by atoms with Crippen LogP contribution in [0.3, 0.4) is 0 Å². The van der Waals surface area contributed by atoms with Crippen molar-refractivity contribution in [1.29, 1.82) is 0 Å². The summed E-state index contributed by atoms with van der Waals surface area (Å²) in [7, 11) is 0. The highest BCUT2D eigenvalue weighted by Gasteiger charge is 2.63. The van der Waals surface area contributed by atoms with Gasteiger partial charge in [-0.15, -0.1) is 0 Å². The standard InChI is InChI=1S/C17H28O2/c1-4-6-15(18)19-16(3,5-2)17-9-12-7-13(10-17)14(8-12)11-17/h12-14H,4-11H2,1-3H3. The first-order valence-corrected chi connectivity index (χ1v) is 8.24. The Bertz CT molecular complexity index is 356. The predicted octanol–water partition coefficient (Wildman–Crippen LogP) is 4.32. The van der Waals surface area contributed by atoms with Crippen molar-refractivity contribution in [3.05, 3.63) is 0 Å². The summed E-state index contributed by atoms with van der Waals surface area (Å²) in [6.07, 6.45) is 9.28. The molecular weight excluding hydrogens is 236 g/mol. The highest BCUT2D eigenvalue weighted by Crippen LogP contribution is 2.68. The largest absolute Gasteiger partial charge is 0.459 e. The van der Waals surface area contributed by atoms with Crippen LogP contribution in [0, 0.1) is 23.2 Å². The van der Waals surface area contributed by atoms with E-state index in [1.165, 1.54) is 32.1 Å². The van der Waals surface area contributed by atoms with E-state index in [9.17, 15) is 4.79 Å². The molecule has 2 heteroatoms. The fourth-order valence-electron chi connectivity index (χ4n) is 5.52. The van der Waals surface area contributed by atoms with Crippen molar-refractivity contribution in [1.82, 2.24) is 0 Å². The SMILES string of the molecule is CCCC(=O)OC(C)(CC)C12CC3CC(C1)C(C3)C2. The van der Waals surface area contributed by atoms with Crippen molar-refractivity contribution < 1.29 is 9.53 Å². The van der Waals surface area contributed by atoms with Gasteiger partial charge in [0.15, 0.2) is 0 Å². The number of esters is 1. The average molecular weight is 264 g/mol. The summed E-state index contributed by atoms with van der Waals surface area (Å²) in [6.45, 7) is 6.46. The van der Waals surface area contributed by atoms with Crippen molar-refractivity contribution >= 4 is 5.97 Å². The van der Waals surface area contributed by atoms with Gasteiger partial charge in [0.2, 0.25) is 0 Å². The van der Waals surface area contributed by atoms with Crippen molar-refractivity contribution in [2.24, 2.45) is 23.2 Å². The normalized spacial score (nSPS) is 42.4. The van der Waals surface area contributed by atoms with Crippen LogP contribution in [0.1, 0.15) is 72.1 Å². The minimum absolute atomic E-state index is 0.0175. The van der Waals surface area contributed by atoms with Crippen molar-refractivity contribution in [2.45, 2.75) is 77.7 Å². The molecule has 0 spiro atoms. The van der Waals surface area contributed by atoms with Crippen LogP contribution in [0.4, 0.5) is 0 Å². The number of rotatable bonds is 5. The molecule has 3 atom stereocenters. The van der Waals surface area contributed by atoms with Gasteiger partial charge in [0.1, 0.15) is 5.60 Å². The fourth-order valence-corrected chi connectivity index (χ4v) is 5.52. The molecule has 108 valence electrons. The summed E-state index contributed by atoms with van der Waals surface area (Å²) in [4.78, 5) is 12.0. The molecule has 19 heavy (non-hydrogen) atoms. The maximum absolute atomic E-state index is 12.0. The minimum atomic E-state index is -0.217. The van der Waals surface area contributed by atoms with E-state index in [-0.39, 0.29) is 11.6 Å². The Kier molecular flexibility index (Phi) is 3.18. The van der Waals surface area contributed by atoms with E-state index < -0.39 is 0 Å². The molecule has 0 saturated heterocycles. The summed E-state index contributed by atoms with van der Waals surface area (Å²) < 4.78 is 6.02. The minimum Gasteiger partial charge on any atom is -0.459 e. The van der Waals surface area contributed by atoms with Crippen molar-refractivity contribution in [2.75, 3.05) is 0 Å². The van der Waals surface area contributed by atoms with Crippen molar-refractivity contribution in [3.8, 4) is 0 Å². The summed E-state index contributed by atoms with van der Waals surface area (Å²) in [5.74, 6) is 2.82. The van der Waals surface area contributed by atoms with Crippen LogP contribution in [0.15, 0.2) is 0 Å². The van der Waals surface area contributed by atoms with E-state index in [1.54, 1.807) is 0 Å². The summed E-state index contributed by atoms with van der Waals surface area (Å²) in [6, 6.07) is 0. The van der Waals surface area contributed by atoms with Gasteiger partial charge < -0.3 is 4.74 Å². The molecule has 4 aliphatic rings. The zero-order valence-corrected chi connectivity index (χ0v) is 12.7. The summed E-state index contributed by atoms with van der Waals surface area (Å²) in [5.41, 5.74) is 0.0903. The van der Waals surface area contributed by atoms with Crippen LogP contribution in [0.25, 0.3) is 0 Å². The molecule has 0 heterocycles. The molecule has 4 rings (SSSR count). The van der Waals surface area contributed by atoms with Crippen LogP contribution in [0.2, 0.25) is 0 Å². The molecule has 0 aliphatic heterocycles. The molecule has 4 aliphatic carbocycles. The molecule has 3 unspecified atom stereocenters. The Morgan fingerprint density at radius 3 is 2.32 bits per heavy atom. The Balaban J connectivity index is 1.80. The number of carbonyl (C=O) groups is 1. The van der Waals surface area contributed by atoms with E-state index in [0.717, 1.165) is 30.6 Å². The highest BCUT2D eigenvalue weighted by atomic mass is 16.6. The lowest BCUT2D eigenvalue weighted by Gasteiger charge is -2.50. The molecule has 4 bridgehead atoms. The number of ether oxygens (including phenoxy) is 1. The summed E-state index contributed by atoms with van der Waals surface area (Å²) in [5, 5.41) is 0. The third kappa shape index (κ3) is 1.94. The number of hydrogen-bond acceptors (Lipinski definition) is 2. The van der Waals surface area contributed by atoms with Gasteiger partial charge in [-0.1, -0.05) is 13.8 Å². The molecular formula is C17H28O2. The van der Waals surface area contributed by atoms with Crippen molar-refractivity contribution in [3.63, 3.8) is 0 Å². The van der Waals surface area contributed by atoms with Crippen LogP contribution in [-0.2, 0) is 9.53 Å². The lowest BCUT2D eigenvalue weighted by molar-refractivity contribution is -0.181. The molecule has 0 aromatic carbocycles. The highest BCUT2D eigenvalue weighted by molar-refractivity contribution is 5.69. The molecule has 0 radical (unpaired) electrons. The zero-order valence-electron chi connectivity index (χ0n) is 12.7. The first-order chi connectivity index (χ1) is 9.02. The lowest BCUT2D eigenvalue weighted by Crippen LogP contribution is -2.50. The van der Waals surface area contributed by atoms with Gasteiger partial charge in [-0.3, -0.25) is 4.79 Å². The maximum atomic E-state index is 12.0. The lowest BCUT2D eigenvalue weighted by atomic mass is 9.60. The van der Waals surface area contributed by atoms with Gasteiger partial charge >= 0.3 is 5.97 Å². The molecule has 0 aromatic heterocycles. The predicted molar refractivity (Wildman–Crippen MR) is 75.7 cm³/mol. The molecule has 4 fully saturated rings.